The summed E-state index contributed by atoms with van der Waals surface area (Å²) in [4.78, 5) is 23.6. The Bertz CT molecular complexity index is 216. The Morgan fingerprint density at radius 1 is 1.19 bits per heavy atom. The van der Waals surface area contributed by atoms with Crippen molar-refractivity contribution in [2.75, 3.05) is 20.2 Å². The molecule has 0 bridgehead atoms. The van der Waals surface area contributed by atoms with E-state index in [0.29, 0.717) is 13.0 Å². The maximum Gasteiger partial charge on any atom is 0.409 e. The van der Waals surface area contributed by atoms with Crippen molar-refractivity contribution in [2.24, 2.45) is 0 Å². The number of ether oxygens (including phenoxy) is 1. The minimum absolute atomic E-state index is 0.222. The second-order valence-electron chi connectivity index (χ2n) is 4.05. The van der Waals surface area contributed by atoms with Gasteiger partial charge in [0.1, 0.15) is 5.78 Å². The molecule has 0 aromatic rings. The van der Waals surface area contributed by atoms with E-state index in [1.165, 1.54) is 0 Å². The summed E-state index contributed by atoms with van der Waals surface area (Å²) in [6, 6.07) is 0. The Kier molecular flexibility index (Phi) is 8.58. The van der Waals surface area contributed by atoms with Crippen LogP contribution in [-0.2, 0) is 9.53 Å². The minimum Gasteiger partial charge on any atom is -0.449 e. The minimum atomic E-state index is -0.256. The molecule has 0 atom stereocenters. The highest BCUT2D eigenvalue weighted by atomic mass is 16.6. The van der Waals surface area contributed by atoms with Crippen LogP contribution >= 0.6 is 0 Å². The van der Waals surface area contributed by atoms with E-state index in [0.717, 1.165) is 32.2 Å². The second kappa shape index (κ2) is 9.19. The third-order valence-corrected chi connectivity index (χ3v) is 2.27. The lowest BCUT2D eigenvalue weighted by molar-refractivity contribution is -0.117. The van der Waals surface area contributed by atoms with Gasteiger partial charge in [0, 0.05) is 20.0 Å². The molecule has 0 saturated heterocycles. The zero-order chi connectivity index (χ0) is 12.4. The molecule has 0 aromatic heterocycles. The molecule has 0 aliphatic rings. The lowest BCUT2D eigenvalue weighted by Gasteiger charge is -2.15. The van der Waals surface area contributed by atoms with Crippen LogP contribution in [0.25, 0.3) is 0 Å². The Balaban J connectivity index is 3.37. The molecule has 0 heterocycles. The fraction of sp³-hybridized carbons (Fsp3) is 0.833. The SMILES string of the molecule is CCCN(C)C(=O)OCCCCCC(C)=O. The van der Waals surface area contributed by atoms with Gasteiger partial charge in [-0.2, -0.15) is 0 Å². The number of nitrogens with zero attached hydrogens (tertiary/aromatic N) is 1. The van der Waals surface area contributed by atoms with Gasteiger partial charge >= 0.3 is 6.09 Å². The Morgan fingerprint density at radius 3 is 2.44 bits per heavy atom. The molecule has 0 aromatic carbocycles. The number of ketones is 1. The third-order valence-electron chi connectivity index (χ3n) is 2.27. The first kappa shape index (κ1) is 14.9. The number of hydrogen-bond acceptors (Lipinski definition) is 3. The van der Waals surface area contributed by atoms with E-state index in [4.69, 9.17) is 4.74 Å². The predicted molar refractivity (Wildman–Crippen MR) is 63.4 cm³/mol. The molecule has 1 amide bonds. The van der Waals surface area contributed by atoms with E-state index >= 15 is 0 Å². The zero-order valence-electron chi connectivity index (χ0n) is 10.6. The second-order valence-corrected chi connectivity index (χ2v) is 4.05. The average Bonchev–Trinajstić information content (AvgIpc) is 2.22. The normalized spacial score (nSPS) is 9.94. The molecule has 0 unspecified atom stereocenters. The number of carbonyl (C=O) groups excluding carboxylic acids is 2. The van der Waals surface area contributed by atoms with Gasteiger partial charge < -0.3 is 14.4 Å². The summed E-state index contributed by atoms with van der Waals surface area (Å²) in [7, 11) is 1.74. The van der Waals surface area contributed by atoms with Gasteiger partial charge in [-0.15, -0.1) is 0 Å². The number of unbranched alkanes of at least 4 members (excludes halogenated alkanes) is 2. The van der Waals surface area contributed by atoms with Gasteiger partial charge in [0.15, 0.2) is 0 Å². The summed E-state index contributed by atoms with van der Waals surface area (Å²) in [6.45, 7) is 4.79. The van der Waals surface area contributed by atoms with Gasteiger partial charge in [0.2, 0.25) is 0 Å². The van der Waals surface area contributed by atoms with Crippen molar-refractivity contribution in [1.29, 1.82) is 0 Å². The van der Waals surface area contributed by atoms with Gasteiger partial charge in [-0.3, -0.25) is 0 Å². The summed E-state index contributed by atoms with van der Waals surface area (Å²) in [5.41, 5.74) is 0. The van der Waals surface area contributed by atoms with Crippen LogP contribution in [0.5, 0.6) is 0 Å². The van der Waals surface area contributed by atoms with Crippen molar-refractivity contribution >= 4 is 11.9 Å². The molecule has 0 N–H and O–H groups in total. The van der Waals surface area contributed by atoms with Crippen molar-refractivity contribution in [1.82, 2.24) is 4.90 Å². The highest BCUT2D eigenvalue weighted by Gasteiger charge is 2.07. The van der Waals surface area contributed by atoms with Crippen LogP contribution in [0.2, 0.25) is 0 Å². The molecule has 0 aliphatic heterocycles. The molecule has 0 radical (unpaired) electrons. The smallest absolute Gasteiger partial charge is 0.409 e. The largest absolute Gasteiger partial charge is 0.449 e. The van der Waals surface area contributed by atoms with E-state index in [1.54, 1.807) is 18.9 Å². The topological polar surface area (TPSA) is 46.6 Å². The van der Waals surface area contributed by atoms with Crippen LogP contribution in [0.3, 0.4) is 0 Å². The molecule has 0 aliphatic carbocycles. The molecular formula is C12H23NO3. The van der Waals surface area contributed by atoms with E-state index in [-0.39, 0.29) is 11.9 Å². The molecule has 94 valence electrons. The van der Waals surface area contributed by atoms with Gasteiger partial charge in [0.05, 0.1) is 6.61 Å². The molecule has 4 heteroatoms. The first-order chi connectivity index (χ1) is 7.57. The van der Waals surface area contributed by atoms with E-state index < -0.39 is 0 Å². The average molecular weight is 229 g/mol. The van der Waals surface area contributed by atoms with Crippen LogP contribution in [-0.4, -0.2) is 37.0 Å². The fourth-order valence-corrected chi connectivity index (χ4v) is 1.35. The van der Waals surface area contributed by atoms with Gasteiger partial charge in [-0.1, -0.05) is 6.92 Å². The molecule has 0 saturated carbocycles. The first-order valence-electron chi connectivity index (χ1n) is 5.95. The molecular weight excluding hydrogens is 206 g/mol. The maximum atomic E-state index is 11.3. The van der Waals surface area contributed by atoms with Crippen molar-refractivity contribution in [2.45, 2.75) is 46.0 Å². The molecule has 4 nitrogen and oxygen atoms in total. The van der Waals surface area contributed by atoms with Crippen molar-refractivity contribution < 1.29 is 14.3 Å². The number of hydrogen-bond donors (Lipinski definition) is 0. The van der Waals surface area contributed by atoms with Crippen LogP contribution in [0.4, 0.5) is 4.79 Å². The highest BCUT2D eigenvalue weighted by molar-refractivity contribution is 5.75. The Morgan fingerprint density at radius 2 is 1.88 bits per heavy atom. The summed E-state index contributed by atoms with van der Waals surface area (Å²) >= 11 is 0. The van der Waals surface area contributed by atoms with Gasteiger partial charge in [-0.25, -0.2) is 4.79 Å². The fourth-order valence-electron chi connectivity index (χ4n) is 1.35. The molecule has 16 heavy (non-hydrogen) atoms. The van der Waals surface area contributed by atoms with Crippen LogP contribution in [0.15, 0.2) is 0 Å². The maximum absolute atomic E-state index is 11.3. The quantitative estimate of drug-likeness (QED) is 0.601. The summed E-state index contributed by atoms with van der Waals surface area (Å²) in [6.07, 6.45) is 3.96. The van der Waals surface area contributed by atoms with E-state index in [2.05, 4.69) is 0 Å². The first-order valence-corrected chi connectivity index (χ1v) is 5.95. The van der Waals surface area contributed by atoms with Gasteiger partial charge in [0.25, 0.3) is 0 Å². The standard InChI is InChI=1S/C12H23NO3/c1-4-9-13(3)12(15)16-10-7-5-6-8-11(2)14/h4-10H2,1-3H3. The lowest BCUT2D eigenvalue weighted by Crippen LogP contribution is -2.28. The van der Waals surface area contributed by atoms with Crippen molar-refractivity contribution in [3.63, 3.8) is 0 Å². The van der Waals surface area contributed by atoms with Crippen LogP contribution < -0.4 is 0 Å². The van der Waals surface area contributed by atoms with Crippen molar-refractivity contribution in [3.05, 3.63) is 0 Å². The van der Waals surface area contributed by atoms with Crippen molar-refractivity contribution in [3.8, 4) is 0 Å². The number of rotatable bonds is 8. The molecule has 0 rings (SSSR count). The Labute approximate surface area is 98.0 Å². The summed E-state index contributed by atoms with van der Waals surface area (Å²) in [5.74, 6) is 0.222. The predicted octanol–water partition coefficient (Wildman–Crippen LogP) is 2.61. The third kappa shape index (κ3) is 8.26. The van der Waals surface area contributed by atoms with E-state index in [1.807, 2.05) is 6.92 Å². The molecule has 0 spiro atoms. The summed E-state index contributed by atoms with van der Waals surface area (Å²) < 4.78 is 5.07. The zero-order valence-corrected chi connectivity index (χ0v) is 10.6. The molecule has 0 fully saturated rings. The van der Waals surface area contributed by atoms with Crippen LogP contribution in [0, 0.1) is 0 Å². The monoisotopic (exact) mass is 229 g/mol. The Hall–Kier alpha value is -1.06. The van der Waals surface area contributed by atoms with Crippen LogP contribution in [0.1, 0.15) is 46.0 Å². The highest BCUT2D eigenvalue weighted by Crippen LogP contribution is 2.01. The van der Waals surface area contributed by atoms with Gasteiger partial charge in [-0.05, 0) is 32.6 Å². The number of carbonyl (C=O) groups is 2. The van der Waals surface area contributed by atoms with E-state index in [9.17, 15) is 9.59 Å². The number of Topliss-reactive ketones (excluding diaryl/α,β-unsaturated/α-hetero) is 1. The number of amides is 1. The lowest BCUT2D eigenvalue weighted by atomic mass is 10.1. The summed E-state index contributed by atoms with van der Waals surface area (Å²) in [5, 5.41) is 0.